The van der Waals surface area contributed by atoms with E-state index in [-0.39, 0.29) is 5.91 Å². The average Bonchev–Trinajstić information content (AvgIpc) is 3.58. The van der Waals surface area contributed by atoms with Gasteiger partial charge in [-0.3, -0.25) is 9.89 Å². The van der Waals surface area contributed by atoms with Crippen LogP contribution in [0.2, 0.25) is 0 Å². The number of thiophene rings is 1. The maximum atomic E-state index is 12.7. The number of fused-ring (bicyclic) bond motifs is 2. The highest BCUT2D eigenvalue weighted by molar-refractivity contribution is 7.19. The largest absolute Gasteiger partial charge is 0.497 e. The monoisotopic (exact) mass is 500 g/mol. The normalized spacial score (nSPS) is 13.9. The van der Waals surface area contributed by atoms with E-state index in [1.165, 1.54) is 0 Å². The zero-order valence-corrected chi connectivity index (χ0v) is 20.5. The van der Waals surface area contributed by atoms with E-state index in [1.807, 2.05) is 24.3 Å². The number of morpholine rings is 1. The van der Waals surface area contributed by atoms with Crippen LogP contribution in [0.4, 0.5) is 5.82 Å². The van der Waals surface area contributed by atoms with Gasteiger partial charge in [0.2, 0.25) is 0 Å². The van der Waals surface area contributed by atoms with E-state index in [9.17, 15) is 4.79 Å². The third-order valence-electron chi connectivity index (χ3n) is 6.22. The number of hydrogen-bond acceptors (Lipinski definition) is 8. The van der Waals surface area contributed by atoms with Gasteiger partial charge in [0.15, 0.2) is 11.6 Å². The standard InChI is InChI=1S/C26H24N6O3S/c1-34-17-7-5-16(6-8-17)26(33)27-14-18-13-22-23(36-18)25(32-9-11-35-12-10-32)30-24(29-22)19-3-2-4-21-20(19)15-28-31-21/h2-8,13,15H,9-12,14H2,1H3,(H,27,33)(H,28,31). The van der Waals surface area contributed by atoms with Gasteiger partial charge < -0.3 is 19.7 Å². The van der Waals surface area contributed by atoms with Crippen molar-refractivity contribution in [1.82, 2.24) is 25.5 Å². The number of H-pyrrole nitrogens is 1. The summed E-state index contributed by atoms with van der Waals surface area (Å²) >= 11 is 1.61. The molecule has 182 valence electrons. The Morgan fingerprint density at radius 2 is 2.00 bits per heavy atom. The minimum Gasteiger partial charge on any atom is -0.497 e. The number of hydrogen-bond donors (Lipinski definition) is 2. The van der Waals surface area contributed by atoms with Gasteiger partial charge in [0, 0.05) is 34.5 Å². The Bertz CT molecular complexity index is 1540. The van der Waals surface area contributed by atoms with Crippen molar-refractivity contribution in [2.45, 2.75) is 6.54 Å². The van der Waals surface area contributed by atoms with Crippen LogP contribution in [0.3, 0.4) is 0 Å². The molecule has 1 aliphatic rings. The Morgan fingerprint density at radius 1 is 1.17 bits per heavy atom. The fraction of sp³-hybridized carbons (Fsp3) is 0.231. The molecular weight excluding hydrogens is 476 g/mol. The Kier molecular flexibility index (Phi) is 5.96. The Labute approximate surface area is 211 Å². The minimum atomic E-state index is -0.137. The summed E-state index contributed by atoms with van der Waals surface area (Å²) in [4.78, 5) is 25.9. The second-order valence-corrected chi connectivity index (χ2v) is 9.58. The van der Waals surface area contributed by atoms with Crippen molar-refractivity contribution in [2.75, 3.05) is 38.3 Å². The van der Waals surface area contributed by atoms with Gasteiger partial charge in [-0.2, -0.15) is 5.10 Å². The molecule has 0 spiro atoms. The van der Waals surface area contributed by atoms with E-state index >= 15 is 0 Å². The van der Waals surface area contributed by atoms with Gasteiger partial charge >= 0.3 is 0 Å². The molecule has 2 aromatic carbocycles. The molecule has 0 bridgehead atoms. The van der Waals surface area contributed by atoms with Gasteiger partial charge in [-0.1, -0.05) is 12.1 Å². The van der Waals surface area contributed by atoms with Crippen molar-refractivity contribution in [1.29, 1.82) is 0 Å². The zero-order valence-electron chi connectivity index (χ0n) is 19.7. The number of rotatable bonds is 6. The van der Waals surface area contributed by atoms with Gasteiger partial charge in [0.05, 0.1) is 48.8 Å². The van der Waals surface area contributed by atoms with Gasteiger partial charge in [-0.15, -0.1) is 11.3 Å². The first-order valence-corrected chi connectivity index (χ1v) is 12.5. The third-order valence-corrected chi connectivity index (χ3v) is 7.34. The number of benzene rings is 2. The van der Waals surface area contributed by atoms with E-state index < -0.39 is 0 Å². The second-order valence-electron chi connectivity index (χ2n) is 8.45. The van der Waals surface area contributed by atoms with Crippen LogP contribution in [-0.4, -0.2) is 59.5 Å². The number of ether oxygens (including phenoxy) is 2. The fourth-order valence-corrected chi connectivity index (χ4v) is 5.39. The molecule has 10 heteroatoms. The molecule has 1 fully saturated rings. The summed E-state index contributed by atoms with van der Waals surface area (Å²) in [7, 11) is 1.60. The summed E-state index contributed by atoms with van der Waals surface area (Å²) in [6, 6.07) is 15.1. The lowest BCUT2D eigenvalue weighted by atomic mass is 10.1. The number of nitrogens with one attached hydrogen (secondary N) is 2. The lowest BCUT2D eigenvalue weighted by molar-refractivity contribution is 0.0951. The Balaban J connectivity index is 1.34. The predicted octanol–water partition coefficient (Wildman–Crippen LogP) is 4.01. The molecule has 36 heavy (non-hydrogen) atoms. The van der Waals surface area contributed by atoms with Crippen LogP contribution < -0.4 is 15.0 Å². The van der Waals surface area contributed by atoms with Crippen molar-refractivity contribution < 1.29 is 14.3 Å². The smallest absolute Gasteiger partial charge is 0.251 e. The highest BCUT2D eigenvalue weighted by Gasteiger charge is 2.21. The molecule has 0 saturated carbocycles. The SMILES string of the molecule is COc1ccc(C(=O)NCc2cc3nc(-c4cccc5[nH]ncc45)nc(N4CCOCC4)c3s2)cc1. The summed E-state index contributed by atoms with van der Waals surface area (Å²) in [6.07, 6.45) is 1.81. The molecule has 6 rings (SSSR count). The van der Waals surface area contributed by atoms with Gasteiger partial charge in [0.25, 0.3) is 5.91 Å². The molecule has 9 nitrogen and oxygen atoms in total. The molecular formula is C26H24N6O3S. The zero-order chi connectivity index (χ0) is 24.5. The number of aromatic amines is 1. The number of methoxy groups -OCH3 is 1. The summed E-state index contributed by atoms with van der Waals surface area (Å²) in [5.74, 6) is 2.13. The summed E-state index contributed by atoms with van der Waals surface area (Å²) in [6.45, 7) is 3.26. The molecule has 4 heterocycles. The molecule has 0 unspecified atom stereocenters. The summed E-state index contributed by atoms with van der Waals surface area (Å²) in [5, 5.41) is 11.2. The topological polar surface area (TPSA) is 105 Å². The maximum Gasteiger partial charge on any atom is 0.251 e. The maximum absolute atomic E-state index is 12.7. The van der Waals surface area contributed by atoms with Gasteiger partial charge in [-0.25, -0.2) is 9.97 Å². The number of carbonyl (C=O) groups excluding carboxylic acids is 1. The van der Waals surface area contributed by atoms with Crippen molar-refractivity contribution in [3.05, 3.63) is 65.2 Å². The first-order chi connectivity index (χ1) is 17.7. The first kappa shape index (κ1) is 22.4. The molecule has 0 radical (unpaired) electrons. The first-order valence-electron chi connectivity index (χ1n) is 11.7. The van der Waals surface area contributed by atoms with Crippen LogP contribution >= 0.6 is 11.3 Å². The van der Waals surface area contributed by atoms with E-state index in [4.69, 9.17) is 19.4 Å². The predicted molar refractivity (Wildman–Crippen MR) is 140 cm³/mol. The van der Waals surface area contributed by atoms with Crippen LogP contribution in [0.15, 0.2) is 54.7 Å². The Morgan fingerprint density at radius 3 is 2.81 bits per heavy atom. The highest BCUT2D eigenvalue weighted by Crippen LogP contribution is 2.35. The molecule has 2 N–H and O–H groups in total. The quantitative estimate of drug-likeness (QED) is 0.363. The molecule has 1 saturated heterocycles. The van der Waals surface area contributed by atoms with Crippen molar-refractivity contribution in [3.8, 4) is 17.1 Å². The molecule has 1 amide bonds. The van der Waals surface area contributed by atoms with E-state index in [0.29, 0.717) is 36.9 Å². The van der Waals surface area contributed by atoms with Crippen LogP contribution in [0.1, 0.15) is 15.2 Å². The van der Waals surface area contributed by atoms with Crippen LogP contribution in [-0.2, 0) is 11.3 Å². The number of nitrogens with zero attached hydrogens (tertiary/aromatic N) is 4. The minimum absolute atomic E-state index is 0.137. The van der Waals surface area contributed by atoms with Crippen molar-refractivity contribution >= 4 is 44.2 Å². The fourth-order valence-electron chi connectivity index (χ4n) is 4.34. The molecule has 5 aromatic rings. The number of anilines is 1. The summed E-state index contributed by atoms with van der Waals surface area (Å²) < 4.78 is 11.8. The van der Waals surface area contributed by atoms with Gasteiger partial charge in [-0.05, 0) is 36.4 Å². The third kappa shape index (κ3) is 4.25. The lowest BCUT2D eigenvalue weighted by Crippen LogP contribution is -2.36. The molecule has 3 aromatic heterocycles. The number of amides is 1. The van der Waals surface area contributed by atoms with E-state index in [0.717, 1.165) is 50.5 Å². The molecule has 1 aliphatic heterocycles. The molecule has 0 aliphatic carbocycles. The van der Waals surface area contributed by atoms with E-state index in [2.05, 4.69) is 20.4 Å². The van der Waals surface area contributed by atoms with Crippen molar-refractivity contribution in [3.63, 3.8) is 0 Å². The van der Waals surface area contributed by atoms with E-state index in [1.54, 1.807) is 48.9 Å². The number of carbonyl (C=O) groups is 1. The number of aromatic nitrogens is 4. The van der Waals surface area contributed by atoms with Crippen molar-refractivity contribution in [2.24, 2.45) is 0 Å². The Hall–Kier alpha value is -4.02. The van der Waals surface area contributed by atoms with Crippen LogP contribution in [0.5, 0.6) is 5.75 Å². The lowest BCUT2D eigenvalue weighted by Gasteiger charge is -2.28. The van der Waals surface area contributed by atoms with Crippen LogP contribution in [0, 0.1) is 0 Å². The van der Waals surface area contributed by atoms with Crippen LogP contribution in [0.25, 0.3) is 32.5 Å². The summed E-state index contributed by atoms with van der Waals surface area (Å²) in [5.41, 5.74) is 3.32. The highest BCUT2D eigenvalue weighted by atomic mass is 32.1. The second kappa shape index (κ2) is 9.56. The van der Waals surface area contributed by atoms with Gasteiger partial charge in [0.1, 0.15) is 5.75 Å². The molecule has 0 atom stereocenters. The average molecular weight is 501 g/mol.